The van der Waals surface area contributed by atoms with Crippen LogP contribution in [0.4, 0.5) is 5.95 Å². The first-order chi connectivity index (χ1) is 12.1. The average molecular weight is 335 g/mol. The maximum absolute atomic E-state index is 11.7. The number of aromatic nitrogens is 2. The molecule has 0 amide bonds. The predicted octanol–water partition coefficient (Wildman–Crippen LogP) is 2.73. The molecule has 0 fully saturated rings. The van der Waals surface area contributed by atoms with E-state index in [-0.39, 0.29) is 11.5 Å². The minimum Gasteiger partial charge on any atom is -0.489 e. The van der Waals surface area contributed by atoms with Crippen LogP contribution >= 0.6 is 0 Å². The molecule has 1 aromatic heterocycles. The lowest BCUT2D eigenvalue weighted by Crippen LogP contribution is -2.21. The van der Waals surface area contributed by atoms with Gasteiger partial charge < -0.3 is 10.5 Å². The van der Waals surface area contributed by atoms with Crippen molar-refractivity contribution in [2.24, 2.45) is 7.05 Å². The Morgan fingerprint density at radius 3 is 2.40 bits per heavy atom. The number of anilines is 1. The van der Waals surface area contributed by atoms with E-state index in [1.54, 1.807) is 7.05 Å². The van der Waals surface area contributed by atoms with E-state index >= 15 is 0 Å². The van der Waals surface area contributed by atoms with Crippen LogP contribution in [-0.4, -0.2) is 9.55 Å². The molecule has 2 N–H and O–H groups in total. The third-order valence-electron chi connectivity index (χ3n) is 4.06. The Kier molecular flexibility index (Phi) is 5.14. The summed E-state index contributed by atoms with van der Waals surface area (Å²) in [5.41, 5.74) is 8.61. The van der Waals surface area contributed by atoms with Crippen molar-refractivity contribution in [2.45, 2.75) is 19.4 Å². The van der Waals surface area contributed by atoms with Gasteiger partial charge in [-0.15, -0.1) is 0 Å². The van der Waals surface area contributed by atoms with Gasteiger partial charge >= 0.3 is 0 Å². The number of ether oxygens (including phenoxy) is 1. The summed E-state index contributed by atoms with van der Waals surface area (Å²) in [5.74, 6) is 1.08. The first-order valence-corrected chi connectivity index (χ1v) is 8.20. The van der Waals surface area contributed by atoms with E-state index in [2.05, 4.69) is 4.98 Å². The fourth-order valence-electron chi connectivity index (χ4n) is 2.50. The largest absolute Gasteiger partial charge is 0.489 e. The Morgan fingerprint density at radius 1 is 1.00 bits per heavy atom. The van der Waals surface area contributed by atoms with Crippen molar-refractivity contribution in [1.29, 1.82) is 0 Å². The highest BCUT2D eigenvalue weighted by molar-refractivity contribution is 5.29. The number of hydrogen-bond donors (Lipinski definition) is 1. The van der Waals surface area contributed by atoms with E-state index in [0.29, 0.717) is 18.7 Å². The van der Waals surface area contributed by atoms with Gasteiger partial charge in [-0.1, -0.05) is 42.5 Å². The zero-order valence-electron chi connectivity index (χ0n) is 14.2. The molecule has 0 atom stereocenters. The molecule has 0 saturated heterocycles. The topological polar surface area (TPSA) is 70.1 Å². The number of aryl methyl sites for hydroxylation is 2. The maximum Gasteiger partial charge on any atom is 0.254 e. The average Bonchev–Trinajstić information content (AvgIpc) is 2.64. The van der Waals surface area contributed by atoms with Crippen molar-refractivity contribution in [1.82, 2.24) is 9.55 Å². The third-order valence-corrected chi connectivity index (χ3v) is 4.06. The Hall–Kier alpha value is -3.08. The van der Waals surface area contributed by atoms with Crippen molar-refractivity contribution < 1.29 is 4.74 Å². The van der Waals surface area contributed by atoms with Gasteiger partial charge in [0, 0.05) is 13.1 Å². The quantitative estimate of drug-likeness (QED) is 0.752. The van der Waals surface area contributed by atoms with Crippen LogP contribution in [0.1, 0.15) is 16.8 Å². The lowest BCUT2D eigenvalue weighted by Gasteiger charge is -2.08. The molecular weight excluding hydrogens is 314 g/mol. The lowest BCUT2D eigenvalue weighted by atomic mass is 10.1. The van der Waals surface area contributed by atoms with E-state index in [1.807, 2.05) is 54.6 Å². The molecule has 0 radical (unpaired) electrons. The van der Waals surface area contributed by atoms with Crippen LogP contribution in [-0.2, 0) is 26.5 Å². The number of hydrogen-bond acceptors (Lipinski definition) is 4. The number of nitrogens with two attached hydrogens (primary N) is 1. The Bertz CT molecular complexity index is 887. The van der Waals surface area contributed by atoms with Gasteiger partial charge in [0.25, 0.3) is 5.56 Å². The summed E-state index contributed by atoms with van der Waals surface area (Å²) in [7, 11) is 1.61. The van der Waals surface area contributed by atoms with Crippen molar-refractivity contribution in [3.63, 3.8) is 0 Å². The second kappa shape index (κ2) is 7.66. The van der Waals surface area contributed by atoms with Gasteiger partial charge in [0.05, 0.1) is 5.69 Å². The molecule has 128 valence electrons. The molecule has 0 bridgehead atoms. The first kappa shape index (κ1) is 16.8. The summed E-state index contributed by atoms with van der Waals surface area (Å²) in [4.78, 5) is 16.0. The Labute approximate surface area is 146 Å². The lowest BCUT2D eigenvalue weighted by molar-refractivity contribution is 0.306. The molecule has 0 unspecified atom stereocenters. The van der Waals surface area contributed by atoms with Crippen LogP contribution in [0.2, 0.25) is 0 Å². The fraction of sp³-hybridized carbons (Fsp3) is 0.200. The van der Waals surface area contributed by atoms with Gasteiger partial charge in [-0.25, -0.2) is 4.98 Å². The Morgan fingerprint density at radius 2 is 1.72 bits per heavy atom. The molecule has 3 aromatic rings. The standard InChI is InChI=1S/C20H21N3O2/c1-23-19(24)13-17(22-20(23)21)10-7-15-8-11-18(12-9-15)25-14-16-5-3-2-4-6-16/h2-6,8-9,11-13H,7,10,14H2,1H3,(H2,21,22). The fourth-order valence-corrected chi connectivity index (χ4v) is 2.50. The molecule has 3 rings (SSSR count). The van der Waals surface area contributed by atoms with Crippen molar-refractivity contribution in [3.8, 4) is 5.75 Å². The van der Waals surface area contributed by atoms with E-state index in [0.717, 1.165) is 23.3 Å². The van der Waals surface area contributed by atoms with Crippen molar-refractivity contribution >= 4 is 5.95 Å². The van der Waals surface area contributed by atoms with Gasteiger partial charge in [-0.3, -0.25) is 9.36 Å². The van der Waals surface area contributed by atoms with E-state index in [1.165, 1.54) is 10.6 Å². The highest BCUT2D eigenvalue weighted by Crippen LogP contribution is 2.15. The molecule has 0 aliphatic rings. The molecule has 0 aliphatic carbocycles. The smallest absolute Gasteiger partial charge is 0.254 e. The molecule has 25 heavy (non-hydrogen) atoms. The van der Waals surface area contributed by atoms with Crippen LogP contribution in [0.5, 0.6) is 5.75 Å². The molecule has 5 nitrogen and oxygen atoms in total. The summed E-state index contributed by atoms with van der Waals surface area (Å²) in [6, 6.07) is 19.6. The summed E-state index contributed by atoms with van der Waals surface area (Å²) < 4.78 is 7.12. The molecular formula is C20H21N3O2. The number of rotatable bonds is 6. The third kappa shape index (κ3) is 4.47. The monoisotopic (exact) mass is 335 g/mol. The van der Waals surface area contributed by atoms with Gasteiger partial charge in [-0.05, 0) is 36.1 Å². The van der Waals surface area contributed by atoms with Gasteiger partial charge in [0.15, 0.2) is 0 Å². The minimum atomic E-state index is -0.132. The summed E-state index contributed by atoms with van der Waals surface area (Å²) in [5, 5.41) is 0. The zero-order chi connectivity index (χ0) is 17.6. The molecule has 0 saturated carbocycles. The summed E-state index contributed by atoms with van der Waals surface area (Å²) in [6.07, 6.45) is 1.46. The van der Waals surface area contributed by atoms with Crippen LogP contribution in [0.25, 0.3) is 0 Å². The molecule has 0 aliphatic heterocycles. The molecule has 0 spiro atoms. The van der Waals surface area contributed by atoms with Crippen LogP contribution in [0.3, 0.4) is 0 Å². The van der Waals surface area contributed by atoms with Crippen molar-refractivity contribution in [2.75, 3.05) is 5.73 Å². The van der Waals surface area contributed by atoms with Crippen LogP contribution < -0.4 is 16.0 Å². The molecule has 5 heteroatoms. The van der Waals surface area contributed by atoms with Gasteiger partial charge in [0.2, 0.25) is 5.95 Å². The maximum atomic E-state index is 11.7. The number of benzene rings is 2. The summed E-state index contributed by atoms with van der Waals surface area (Å²) >= 11 is 0. The second-order valence-corrected chi connectivity index (χ2v) is 5.92. The first-order valence-electron chi connectivity index (χ1n) is 8.20. The van der Waals surface area contributed by atoms with Crippen LogP contribution in [0, 0.1) is 0 Å². The number of nitrogens with zero attached hydrogens (tertiary/aromatic N) is 2. The normalized spacial score (nSPS) is 10.6. The van der Waals surface area contributed by atoms with Gasteiger partial charge in [0.1, 0.15) is 12.4 Å². The predicted molar refractivity (Wildman–Crippen MR) is 98.5 cm³/mol. The molecule has 1 heterocycles. The van der Waals surface area contributed by atoms with E-state index in [9.17, 15) is 4.79 Å². The van der Waals surface area contributed by atoms with E-state index in [4.69, 9.17) is 10.5 Å². The van der Waals surface area contributed by atoms with E-state index < -0.39 is 0 Å². The second-order valence-electron chi connectivity index (χ2n) is 5.92. The van der Waals surface area contributed by atoms with Gasteiger partial charge in [-0.2, -0.15) is 0 Å². The molecule has 2 aromatic carbocycles. The number of nitrogen functional groups attached to an aromatic ring is 1. The minimum absolute atomic E-state index is 0.132. The highest BCUT2D eigenvalue weighted by atomic mass is 16.5. The summed E-state index contributed by atoms with van der Waals surface area (Å²) in [6.45, 7) is 0.552. The zero-order valence-corrected chi connectivity index (χ0v) is 14.2. The Balaban J connectivity index is 1.56. The van der Waals surface area contributed by atoms with Crippen molar-refractivity contribution in [3.05, 3.63) is 87.8 Å². The highest BCUT2D eigenvalue weighted by Gasteiger charge is 2.04. The van der Waals surface area contributed by atoms with Crippen LogP contribution in [0.15, 0.2) is 65.5 Å². The SMILES string of the molecule is Cn1c(N)nc(CCc2ccc(OCc3ccccc3)cc2)cc1=O.